The van der Waals surface area contributed by atoms with E-state index in [-0.39, 0.29) is 16.9 Å². The van der Waals surface area contributed by atoms with Gasteiger partial charge in [-0.05, 0) is 66.6 Å². The number of rotatable bonds is 9. The Hall–Kier alpha value is -4.42. The molecule has 12 heteroatoms. The third-order valence-corrected chi connectivity index (χ3v) is 6.56. The molecule has 212 valence electrons. The van der Waals surface area contributed by atoms with Crippen LogP contribution >= 0.6 is 0 Å². The molecule has 0 unspecified atom stereocenters. The highest BCUT2D eigenvalue weighted by Crippen LogP contribution is 2.39. The number of nitrogens with one attached hydrogen (secondary N) is 2. The van der Waals surface area contributed by atoms with E-state index in [0.717, 1.165) is 17.4 Å². The number of aliphatic imine (C=N–C) groups is 1. The van der Waals surface area contributed by atoms with Gasteiger partial charge in [0.25, 0.3) is 5.91 Å². The molecule has 0 fully saturated rings. The number of ether oxygens (including phenoxy) is 1. The maximum atomic E-state index is 13.4. The lowest BCUT2D eigenvalue weighted by Crippen LogP contribution is -2.26. The molecule has 0 spiro atoms. The Morgan fingerprint density at radius 3 is 2.33 bits per heavy atom. The largest absolute Gasteiger partial charge is 0.492 e. The Bertz CT molecular complexity index is 1560. The average molecular weight is 566 g/mol. The van der Waals surface area contributed by atoms with Crippen molar-refractivity contribution in [2.75, 3.05) is 34.1 Å². The van der Waals surface area contributed by atoms with E-state index < -0.39 is 15.9 Å². The van der Waals surface area contributed by atoms with Crippen molar-refractivity contribution in [3.63, 3.8) is 0 Å². The number of pyridine rings is 1. The van der Waals surface area contributed by atoms with Gasteiger partial charge in [0.1, 0.15) is 5.82 Å². The van der Waals surface area contributed by atoms with E-state index in [1.165, 1.54) is 12.1 Å². The number of hydrazine groups is 1. The number of benzene rings is 2. The van der Waals surface area contributed by atoms with Gasteiger partial charge in [-0.3, -0.25) is 19.5 Å². The van der Waals surface area contributed by atoms with Gasteiger partial charge in [0.2, 0.25) is 10.0 Å². The standard InChI is InChI=1S/C28H35N7O4S/c1-17-8-9-18(12-24(17)35(30)16-23(31-5)19-10-11-25(29)32-15-19)27(36)33-21-13-20(28(2,3)4)14-22(26(21)39-6)34-40(7,37)38/h8-16,34H,5,30H2,1-4,6-7H3,(H2,29,32)(H,33,36)/b23-16-. The first-order valence-corrected chi connectivity index (χ1v) is 14.1. The van der Waals surface area contributed by atoms with Crippen LogP contribution in [-0.2, 0) is 15.4 Å². The van der Waals surface area contributed by atoms with Gasteiger partial charge in [0.05, 0.1) is 36.1 Å². The fraction of sp³-hybridized carbons (Fsp3) is 0.250. The van der Waals surface area contributed by atoms with Gasteiger partial charge >= 0.3 is 0 Å². The summed E-state index contributed by atoms with van der Waals surface area (Å²) in [7, 11) is -2.21. The number of aryl methyl sites for hydroxylation is 1. The molecule has 0 aliphatic heterocycles. The minimum atomic E-state index is -3.61. The molecule has 0 saturated heterocycles. The number of nitrogen functional groups attached to an aromatic ring is 1. The second-order valence-electron chi connectivity index (χ2n) is 10.2. The smallest absolute Gasteiger partial charge is 0.255 e. The number of anilines is 4. The summed E-state index contributed by atoms with van der Waals surface area (Å²) < 4.78 is 32.0. The molecular formula is C28H35N7O4S. The number of methoxy groups -OCH3 is 1. The van der Waals surface area contributed by atoms with Crippen molar-refractivity contribution >= 4 is 51.2 Å². The summed E-state index contributed by atoms with van der Waals surface area (Å²) in [6, 6.07) is 11.9. The van der Waals surface area contributed by atoms with E-state index >= 15 is 0 Å². The molecule has 0 bridgehead atoms. The molecular weight excluding hydrogens is 530 g/mol. The Morgan fingerprint density at radius 2 is 1.77 bits per heavy atom. The van der Waals surface area contributed by atoms with Crippen LogP contribution in [0.25, 0.3) is 5.70 Å². The van der Waals surface area contributed by atoms with Crippen molar-refractivity contribution in [1.82, 2.24) is 4.98 Å². The Balaban J connectivity index is 2.00. The van der Waals surface area contributed by atoms with E-state index in [4.69, 9.17) is 16.3 Å². The highest BCUT2D eigenvalue weighted by molar-refractivity contribution is 7.92. The molecule has 1 amide bonds. The van der Waals surface area contributed by atoms with Crippen molar-refractivity contribution in [3.05, 3.63) is 77.1 Å². The summed E-state index contributed by atoms with van der Waals surface area (Å²) in [6.07, 6.45) is 4.18. The van der Waals surface area contributed by atoms with Crippen LogP contribution in [0.1, 0.15) is 47.8 Å². The van der Waals surface area contributed by atoms with E-state index in [1.54, 1.807) is 54.9 Å². The summed E-state index contributed by atoms with van der Waals surface area (Å²) in [5, 5.41) is 4.21. The van der Waals surface area contributed by atoms with Gasteiger partial charge in [-0.1, -0.05) is 26.8 Å². The van der Waals surface area contributed by atoms with Crippen LogP contribution in [0.4, 0.5) is 22.9 Å². The molecule has 1 aromatic heterocycles. The zero-order valence-electron chi connectivity index (χ0n) is 23.4. The third-order valence-electron chi connectivity index (χ3n) is 5.97. The quantitative estimate of drug-likeness (QED) is 0.170. The number of hydrogen-bond acceptors (Lipinski definition) is 9. The number of carbonyl (C=O) groups is 1. The van der Waals surface area contributed by atoms with E-state index in [9.17, 15) is 13.2 Å². The van der Waals surface area contributed by atoms with Crippen molar-refractivity contribution in [1.29, 1.82) is 0 Å². The number of aromatic nitrogens is 1. The average Bonchev–Trinajstić information content (AvgIpc) is 2.86. The van der Waals surface area contributed by atoms with Crippen molar-refractivity contribution in [3.8, 4) is 5.75 Å². The molecule has 3 aromatic rings. The minimum absolute atomic E-state index is 0.182. The van der Waals surface area contributed by atoms with Crippen molar-refractivity contribution in [2.45, 2.75) is 33.1 Å². The Labute approximate surface area is 235 Å². The van der Waals surface area contributed by atoms with E-state index in [0.29, 0.717) is 34.0 Å². The highest BCUT2D eigenvalue weighted by Gasteiger charge is 2.23. The first-order valence-electron chi connectivity index (χ1n) is 12.2. The van der Waals surface area contributed by atoms with Crippen molar-refractivity contribution < 1.29 is 17.9 Å². The molecule has 6 N–H and O–H groups in total. The highest BCUT2D eigenvalue weighted by atomic mass is 32.2. The van der Waals surface area contributed by atoms with Gasteiger partial charge < -0.3 is 15.8 Å². The fourth-order valence-corrected chi connectivity index (χ4v) is 4.39. The zero-order valence-corrected chi connectivity index (χ0v) is 24.3. The predicted molar refractivity (Wildman–Crippen MR) is 162 cm³/mol. The number of sulfonamides is 1. The van der Waals surface area contributed by atoms with Crippen LogP contribution in [0, 0.1) is 6.92 Å². The maximum absolute atomic E-state index is 13.4. The van der Waals surface area contributed by atoms with Gasteiger partial charge in [-0.25, -0.2) is 19.2 Å². The Kier molecular flexibility index (Phi) is 8.86. The third kappa shape index (κ3) is 7.36. The first-order chi connectivity index (χ1) is 18.6. The topological polar surface area (TPSA) is 165 Å². The monoisotopic (exact) mass is 565 g/mol. The second-order valence-corrected chi connectivity index (χ2v) is 12.0. The molecule has 0 aliphatic rings. The van der Waals surface area contributed by atoms with Gasteiger partial charge in [0, 0.05) is 23.5 Å². The normalized spacial score (nSPS) is 12.0. The molecule has 0 radical (unpaired) electrons. The molecule has 11 nitrogen and oxygen atoms in total. The lowest BCUT2D eigenvalue weighted by molar-refractivity contribution is 0.102. The summed E-state index contributed by atoms with van der Waals surface area (Å²) in [5.41, 5.74) is 9.44. The zero-order chi connectivity index (χ0) is 29.8. The van der Waals surface area contributed by atoms with Crippen LogP contribution in [0.3, 0.4) is 0 Å². The SMILES string of the molecule is C=N/C(=C\N(N)c1cc(C(=O)Nc2cc(C(C)(C)C)cc(NS(C)(=O)=O)c2OC)ccc1C)c1ccc(N)nc1. The lowest BCUT2D eigenvalue weighted by Gasteiger charge is -2.24. The molecule has 3 rings (SSSR count). The minimum Gasteiger partial charge on any atom is -0.492 e. The van der Waals surface area contributed by atoms with Crippen LogP contribution in [-0.4, -0.2) is 39.4 Å². The van der Waals surface area contributed by atoms with Crippen molar-refractivity contribution in [2.24, 2.45) is 10.8 Å². The second kappa shape index (κ2) is 11.8. The van der Waals surface area contributed by atoms with Gasteiger partial charge in [-0.15, -0.1) is 0 Å². The molecule has 0 aliphatic carbocycles. The van der Waals surface area contributed by atoms with E-state index in [1.807, 2.05) is 27.7 Å². The van der Waals surface area contributed by atoms with Crippen LogP contribution in [0.2, 0.25) is 0 Å². The summed E-state index contributed by atoms with van der Waals surface area (Å²) in [4.78, 5) is 21.5. The maximum Gasteiger partial charge on any atom is 0.255 e. The summed E-state index contributed by atoms with van der Waals surface area (Å²) in [5.74, 6) is 6.47. The fourth-order valence-electron chi connectivity index (χ4n) is 3.84. The van der Waals surface area contributed by atoms with E-state index in [2.05, 4.69) is 26.7 Å². The molecule has 2 aromatic carbocycles. The van der Waals surface area contributed by atoms with Crippen LogP contribution < -0.4 is 31.4 Å². The molecule has 0 saturated carbocycles. The summed E-state index contributed by atoms with van der Waals surface area (Å²) >= 11 is 0. The number of hydrogen-bond donors (Lipinski definition) is 4. The van der Waals surface area contributed by atoms with Gasteiger partial charge in [-0.2, -0.15) is 0 Å². The lowest BCUT2D eigenvalue weighted by atomic mass is 9.86. The van der Waals surface area contributed by atoms with Crippen LogP contribution in [0.5, 0.6) is 5.75 Å². The Morgan fingerprint density at radius 1 is 1.12 bits per heavy atom. The number of carbonyl (C=O) groups excluding carboxylic acids is 1. The van der Waals surface area contributed by atoms with Gasteiger partial charge in [0.15, 0.2) is 5.75 Å². The molecule has 1 heterocycles. The summed E-state index contributed by atoms with van der Waals surface area (Å²) in [6.45, 7) is 11.4. The number of nitrogens with zero attached hydrogens (tertiary/aromatic N) is 3. The predicted octanol–water partition coefficient (Wildman–Crippen LogP) is 4.28. The van der Waals surface area contributed by atoms with Crippen LogP contribution in [0.15, 0.2) is 59.9 Å². The molecule has 0 atom stereocenters. The molecule has 40 heavy (non-hydrogen) atoms. The number of amides is 1. The number of nitrogens with two attached hydrogens (primary N) is 2. The first kappa shape index (κ1) is 30.1.